The molecule has 3 rings (SSSR count). The summed E-state index contributed by atoms with van der Waals surface area (Å²) >= 11 is 0. The number of carbonyl (C=O) groups excluding carboxylic acids is 1. The molecule has 2 aromatic carbocycles. The molecule has 3 nitrogen and oxygen atoms in total. The summed E-state index contributed by atoms with van der Waals surface area (Å²) in [6, 6.07) is 16.9. The quantitative estimate of drug-likeness (QED) is 0.780. The van der Waals surface area contributed by atoms with Crippen LogP contribution in [0.4, 0.5) is 5.69 Å². The molecule has 1 heterocycles. The Balaban J connectivity index is 1.72. The molecule has 0 bridgehead atoms. The summed E-state index contributed by atoms with van der Waals surface area (Å²) < 4.78 is 0.885. The molecule has 1 aliphatic heterocycles. The number of hydrogen-bond donors (Lipinski definition) is 1. The predicted octanol–water partition coefficient (Wildman–Crippen LogP) is 4.66. The summed E-state index contributed by atoms with van der Waals surface area (Å²) in [5, 5.41) is 3.18. The van der Waals surface area contributed by atoms with Gasteiger partial charge in [0.1, 0.15) is 0 Å². The van der Waals surface area contributed by atoms with Gasteiger partial charge in [-0.15, -0.1) is 0 Å². The van der Waals surface area contributed by atoms with Gasteiger partial charge in [-0.2, -0.15) is 0 Å². The van der Waals surface area contributed by atoms with E-state index in [1.165, 1.54) is 18.4 Å². The molecule has 2 aromatic rings. The average Bonchev–Trinajstić information content (AvgIpc) is 2.66. The Labute approximate surface area is 157 Å². The molecule has 0 aromatic heterocycles. The van der Waals surface area contributed by atoms with Gasteiger partial charge in [0.05, 0.1) is 19.6 Å². The summed E-state index contributed by atoms with van der Waals surface area (Å²) in [4.78, 5) is 12.9. The van der Waals surface area contributed by atoms with Crippen molar-refractivity contribution in [3.8, 4) is 0 Å². The summed E-state index contributed by atoms with van der Waals surface area (Å²) in [6.45, 7) is 10.1. The maximum atomic E-state index is 12.9. The average molecular weight is 352 g/mol. The van der Waals surface area contributed by atoms with Gasteiger partial charge in [-0.05, 0) is 50.3 Å². The first-order chi connectivity index (χ1) is 12.5. The van der Waals surface area contributed by atoms with Gasteiger partial charge >= 0.3 is 0 Å². The highest BCUT2D eigenvalue weighted by atomic mass is 16.2. The Kier molecular flexibility index (Phi) is 5.77. The van der Waals surface area contributed by atoms with E-state index in [4.69, 9.17) is 0 Å². The zero-order chi connectivity index (χ0) is 18.6. The van der Waals surface area contributed by atoms with Crippen LogP contribution < -0.4 is 5.32 Å². The highest BCUT2D eigenvalue weighted by Crippen LogP contribution is 2.31. The van der Waals surface area contributed by atoms with Crippen LogP contribution in [0, 0.1) is 13.8 Å². The molecule has 3 heteroatoms. The molecule has 1 unspecified atom stereocenters. The highest BCUT2D eigenvalue weighted by Gasteiger charge is 2.36. The van der Waals surface area contributed by atoms with Gasteiger partial charge in [0, 0.05) is 11.6 Å². The Bertz CT molecular complexity index is 736. The van der Waals surface area contributed by atoms with E-state index in [0.717, 1.165) is 40.9 Å². The van der Waals surface area contributed by atoms with Crippen LogP contribution in [-0.2, 0) is 4.79 Å². The van der Waals surface area contributed by atoms with Crippen LogP contribution in [-0.4, -0.2) is 36.6 Å². The molecular formula is C23H31N2O+. The minimum atomic E-state index is 0.137. The van der Waals surface area contributed by atoms with E-state index in [-0.39, 0.29) is 5.91 Å². The Hall–Kier alpha value is -2.13. The molecule has 0 radical (unpaired) electrons. The van der Waals surface area contributed by atoms with Crippen molar-refractivity contribution in [2.24, 2.45) is 0 Å². The lowest BCUT2D eigenvalue weighted by atomic mass is 9.89. The SMILES string of the molecule is CC[N+]1(CC(=O)Nc2c(C)cccc2C)CCC[C@@H](c2ccccc2)C1. The van der Waals surface area contributed by atoms with Gasteiger partial charge < -0.3 is 9.80 Å². The maximum absolute atomic E-state index is 12.9. The van der Waals surface area contributed by atoms with E-state index < -0.39 is 0 Å². The van der Waals surface area contributed by atoms with E-state index in [9.17, 15) is 4.79 Å². The van der Waals surface area contributed by atoms with Crippen molar-refractivity contribution in [2.75, 3.05) is 31.5 Å². The molecule has 138 valence electrons. The molecule has 1 aliphatic rings. The zero-order valence-corrected chi connectivity index (χ0v) is 16.3. The van der Waals surface area contributed by atoms with Gasteiger partial charge in [-0.25, -0.2) is 0 Å². The lowest BCUT2D eigenvalue weighted by molar-refractivity contribution is -0.924. The lowest BCUT2D eigenvalue weighted by Crippen LogP contribution is -2.56. The number of piperidine rings is 1. The van der Waals surface area contributed by atoms with Gasteiger partial charge in [-0.1, -0.05) is 48.5 Å². The normalized spacial score (nSPS) is 22.8. The Morgan fingerprint density at radius 1 is 1.08 bits per heavy atom. The number of amides is 1. The monoisotopic (exact) mass is 351 g/mol. The molecule has 2 atom stereocenters. The van der Waals surface area contributed by atoms with E-state index >= 15 is 0 Å². The number of para-hydroxylation sites is 1. The van der Waals surface area contributed by atoms with Crippen molar-refractivity contribution in [3.05, 3.63) is 65.2 Å². The van der Waals surface area contributed by atoms with E-state index in [0.29, 0.717) is 12.5 Å². The van der Waals surface area contributed by atoms with Crippen LogP contribution in [0.15, 0.2) is 48.5 Å². The number of nitrogens with one attached hydrogen (secondary N) is 1. The number of carbonyl (C=O) groups is 1. The lowest BCUT2D eigenvalue weighted by Gasteiger charge is -2.43. The number of aryl methyl sites for hydroxylation is 2. The van der Waals surface area contributed by atoms with Crippen molar-refractivity contribution in [3.63, 3.8) is 0 Å². The van der Waals surface area contributed by atoms with Crippen LogP contribution in [0.3, 0.4) is 0 Å². The van der Waals surface area contributed by atoms with Crippen LogP contribution >= 0.6 is 0 Å². The third-order valence-electron chi connectivity index (χ3n) is 5.96. The van der Waals surface area contributed by atoms with Crippen LogP contribution in [0.5, 0.6) is 0 Å². The Morgan fingerprint density at radius 3 is 2.42 bits per heavy atom. The van der Waals surface area contributed by atoms with E-state index in [2.05, 4.69) is 68.6 Å². The number of likely N-dealkylation sites (N-methyl/N-ethyl adjacent to an activating group) is 1. The first kappa shape index (κ1) is 18.7. The number of benzene rings is 2. The molecule has 1 amide bonds. The number of anilines is 1. The number of likely N-dealkylation sites (tertiary alicyclic amines) is 1. The fraction of sp³-hybridized carbons (Fsp3) is 0.435. The smallest absolute Gasteiger partial charge is 0.279 e. The molecule has 0 aliphatic carbocycles. The summed E-state index contributed by atoms with van der Waals surface area (Å²) in [7, 11) is 0. The van der Waals surface area contributed by atoms with Crippen LogP contribution in [0.2, 0.25) is 0 Å². The number of nitrogens with zero attached hydrogens (tertiary/aromatic N) is 1. The van der Waals surface area contributed by atoms with Crippen LogP contribution in [0.25, 0.3) is 0 Å². The highest BCUT2D eigenvalue weighted by molar-refractivity contribution is 5.93. The fourth-order valence-electron chi connectivity index (χ4n) is 4.36. The van der Waals surface area contributed by atoms with Gasteiger partial charge in [0.15, 0.2) is 6.54 Å². The van der Waals surface area contributed by atoms with Gasteiger partial charge in [-0.3, -0.25) is 4.79 Å². The zero-order valence-electron chi connectivity index (χ0n) is 16.3. The summed E-state index contributed by atoms with van der Waals surface area (Å²) in [5.41, 5.74) is 4.64. The predicted molar refractivity (Wildman–Crippen MR) is 108 cm³/mol. The molecule has 0 saturated carbocycles. The van der Waals surface area contributed by atoms with Crippen molar-refractivity contribution >= 4 is 11.6 Å². The second-order valence-electron chi connectivity index (χ2n) is 7.79. The molecule has 1 N–H and O–H groups in total. The molecule has 0 spiro atoms. The summed E-state index contributed by atoms with van der Waals surface area (Å²) in [6.07, 6.45) is 2.41. The minimum Gasteiger partial charge on any atom is -0.321 e. The van der Waals surface area contributed by atoms with E-state index in [1.807, 2.05) is 6.07 Å². The number of rotatable bonds is 5. The molecule has 26 heavy (non-hydrogen) atoms. The second-order valence-corrected chi connectivity index (χ2v) is 7.79. The van der Waals surface area contributed by atoms with Crippen LogP contribution in [0.1, 0.15) is 42.4 Å². The number of quaternary nitrogens is 1. The van der Waals surface area contributed by atoms with E-state index in [1.54, 1.807) is 0 Å². The topological polar surface area (TPSA) is 29.1 Å². The molecular weight excluding hydrogens is 320 g/mol. The molecule has 1 saturated heterocycles. The van der Waals surface area contributed by atoms with Gasteiger partial charge in [0.25, 0.3) is 5.91 Å². The van der Waals surface area contributed by atoms with Crippen molar-refractivity contribution < 1.29 is 9.28 Å². The summed E-state index contributed by atoms with van der Waals surface area (Å²) in [5.74, 6) is 0.691. The third-order valence-corrected chi connectivity index (χ3v) is 5.96. The first-order valence-electron chi connectivity index (χ1n) is 9.79. The largest absolute Gasteiger partial charge is 0.321 e. The van der Waals surface area contributed by atoms with Crippen molar-refractivity contribution in [2.45, 2.75) is 39.5 Å². The molecule has 1 fully saturated rings. The number of hydrogen-bond acceptors (Lipinski definition) is 1. The van der Waals surface area contributed by atoms with Gasteiger partial charge in [0.2, 0.25) is 0 Å². The van der Waals surface area contributed by atoms with Crippen molar-refractivity contribution in [1.82, 2.24) is 0 Å². The van der Waals surface area contributed by atoms with Crippen molar-refractivity contribution in [1.29, 1.82) is 0 Å². The Morgan fingerprint density at radius 2 is 1.77 bits per heavy atom. The fourth-order valence-corrected chi connectivity index (χ4v) is 4.36. The first-order valence-corrected chi connectivity index (χ1v) is 9.79. The minimum absolute atomic E-state index is 0.137. The standard InChI is InChI=1S/C23H30N2O/c1-4-25(15-9-14-21(16-25)20-12-6-5-7-13-20)17-22(26)24-23-18(2)10-8-11-19(23)3/h5-8,10-13,21H,4,9,14-17H2,1-3H3/p+1/t21-,25?/m1/s1. The maximum Gasteiger partial charge on any atom is 0.279 e. The second kappa shape index (κ2) is 8.05. The third kappa shape index (κ3) is 4.16.